The number of para-hydroxylation sites is 1. The Morgan fingerprint density at radius 3 is 2.59 bits per heavy atom. The van der Waals surface area contributed by atoms with Crippen LogP contribution < -0.4 is 10.1 Å². The molecular weight excluding hydrogens is 280 g/mol. The van der Waals surface area contributed by atoms with Crippen molar-refractivity contribution in [3.8, 4) is 5.75 Å². The van der Waals surface area contributed by atoms with E-state index < -0.39 is 11.6 Å². The molecule has 0 radical (unpaired) electrons. The number of benzene rings is 1. The fourth-order valence-electron chi connectivity index (χ4n) is 2.53. The van der Waals surface area contributed by atoms with Crippen LogP contribution in [0.15, 0.2) is 30.3 Å². The van der Waals surface area contributed by atoms with Gasteiger partial charge in [-0.25, -0.2) is 0 Å². The van der Waals surface area contributed by atoms with Crippen LogP contribution in [0.25, 0.3) is 0 Å². The Bertz CT molecular complexity index is 470. The lowest BCUT2D eigenvalue weighted by Crippen LogP contribution is -2.55. The monoisotopic (exact) mass is 306 g/mol. The number of aliphatic hydroxyl groups excluding tert-OH is 1. The van der Waals surface area contributed by atoms with Crippen molar-refractivity contribution in [3.63, 3.8) is 0 Å². The SMILES string of the molecule is CC(C)(NC[C@@H](O)COc1ccccc1)C(=O)N1CCCC1. The molecule has 2 N–H and O–H groups in total. The lowest BCUT2D eigenvalue weighted by molar-refractivity contribution is -0.136. The lowest BCUT2D eigenvalue weighted by atomic mass is 10.0. The molecule has 22 heavy (non-hydrogen) atoms. The third-order valence-corrected chi connectivity index (χ3v) is 3.89. The molecule has 0 bridgehead atoms. The van der Waals surface area contributed by atoms with E-state index in [1.807, 2.05) is 49.1 Å². The number of β-amino-alcohol motifs (C(OH)–C–C–N with tert-alkyl or cyclic N) is 1. The normalized spacial score (nSPS) is 16.6. The first-order chi connectivity index (χ1) is 10.5. The number of nitrogens with zero attached hydrogens (tertiary/aromatic N) is 1. The van der Waals surface area contributed by atoms with Gasteiger partial charge in [0.2, 0.25) is 5.91 Å². The molecule has 122 valence electrons. The number of carbonyl (C=O) groups excluding carboxylic acids is 1. The summed E-state index contributed by atoms with van der Waals surface area (Å²) in [6, 6.07) is 9.38. The highest BCUT2D eigenvalue weighted by Gasteiger charge is 2.33. The summed E-state index contributed by atoms with van der Waals surface area (Å²) in [4.78, 5) is 14.3. The Kier molecular flexibility index (Phi) is 5.80. The molecule has 0 spiro atoms. The molecule has 1 aromatic rings. The van der Waals surface area contributed by atoms with Crippen molar-refractivity contribution < 1.29 is 14.6 Å². The van der Waals surface area contributed by atoms with E-state index in [9.17, 15) is 9.90 Å². The summed E-state index contributed by atoms with van der Waals surface area (Å²) in [5.74, 6) is 0.829. The Balaban J connectivity index is 1.74. The zero-order chi connectivity index (χ0) is 16.0. The number of amides is 1. The van der Waals surface area contributed by atoms with Crippen molar-refractivity contribution in [1.82, 2.24) is 10.2 Å². The first-order valence-electron chi connectivity index (χ1n) is 7.89. The van der Waals surface area contributed by atoms with Gasteiger partial charge in [0.15, 0.2) is 0 Å². The number of hydrogen-bond acceptors (Lipinski definition) is 4. The number of aliphatic hydroxyl groups is 1. The van der Waals surface area contributed by atoms with Crippen LogP contribution in [0.5, 0.6) is 5.75 Å². The molecule has 0 aromatic heterocycles. The Labute approximate surface area is 132 Å². The zero-order valence-corrected chi connectivity index (χ0v) is 13.4. The maximum Gasteiger partial charge on any atom is 0.242 e. The second-order valence-corrected chi connectivity index (χ2v) is 6.28. The number of ether oxygens (including phenoxy) is 1. The second kappa shape index (κ2) is 7.61. The number of carbonyl (C=O) groups is 1. The van der Waals surface area contributed by atoms with Crippen LogP contribution >= 0.6 is 0 Å². The molecular formula is C17H26N2O3. The first-order valence-corrected chi connectivity index (χ1v) is 7.89. The highest BCUT2D eigenvalue weighted by molar-refractivity contribution is 5.85. The molecule has 1 aromatic carbocycles. The Hall–Kier alpha value is -1.59. The summed E-state index contributed by atoms with van der Waals surface area (Å²) < 4.78 is 5.51. The van der Waals surface area contributed by atoms with Gasteiger partial charge in [0, 0.05) is 19.6 Å². The van der Waals surface area contributed by atoms with Gasteiger partial charge in [-0.05, 0) is 38.8 Å². The summed E-state index contributed by atoms with van der Waals surface area (Å²) >= 11 is 0. The van der Waals surface area contributed by atoms with E-state index in [1.165, 1.54) is 0 Å². The van der Waals surface area contributed by atoms with Gasteiger partial charge in [-0.1, -0.05) is 18.2 Å². The number of nitrogens with one attached hydrogen (secondary N) is 1. The predicted octanol–water partition coefficient (Wildman–Crippen LogP) is 1.42. The zero-order valence-electron chi connectivity index (χ0n) is 13.4. The number of rotatable bonds is 7. The molecule has 0 aliphatic carbocycles. The van der Waals surface area contributed by atoms with Gasteiger partial charge in [0.05, 0.1) is 5.54 Å². The molecule has 1 heterocycles. The third kappa shape index (κ3) is 4.71. The van der Waals surface area contributed by atoms with Gasteiger partial charge in [-0.15, -0.1) is 0 Å². The van der Waals surface area contributed by atoms with Crippen molar-refractivity contribution in [2.75, 3.05) is 26.2 Å². The molecule has 1 fully saturated rings. The number of hydrogen-bond donors (Lipinski definition) is 2. The van der Waals surface area contributed by atoms with Gasteiger partial charge in [0.25, 0.3) is 0 Å². The molecule has 0 unspecified atom stereocenters. The fraction of sp³-hybridized carbons (Fsp3) is 0.588. The van der Waals surface area contributed by atoms with Gasteiger partial charge >= 0.3 is 0 Å². The van der Waals surface area contributed by atoms with Crippen molar-refractivity contribution >= 4 is 5.91 Å². The summed E-state index contributed by atoms with van der Waals surface area (Å²) in [7, 11) is 0. The minimum absolute atomic E-state index is 0.0983. The molecule has 5 nitrogen and oxygen atoms in total. The standard InChI is InChI=1S/C17H26N2O3/c1-17(2,16(21)19-10-6-7-11-19)18-12-14(20)13-22-15-8-4-3-5-9-15/h3-5,8-9,14,18,20H,6-7,10-13H2,1-2H3/t14-/m1/s1. The Morgan fingerprint density at radius 2 is 1.95 bits per heavy atom. The highest BCUT2D eigenvalue weighted by Crippen LogP contribution is 2.15. The van der Waals surface area contributed by atoms with Gasteiger partial charge < -0.3 is 20.1 Å². The molecule has 5 heteroatoms. The molecule has 1 aliphatic rings. The maximum absolute atomic E-state index is 12.4. The molecule has 2 rings (SSSR count). The summed E-state index contributed by atoms with van der Waals surface area (Å²) in [5.41, 5.74) is -0.669. The van der Waals surface area contributed by atoms with Crippen molar-refractivity contribution in [2.45, 2.75) is 38.3 Å². The summed E-state index contributed by atoms with van der Waals surface area (Å²) in [5, 5.41) is 13.2. The van der Waals surface area contributed by atoms with E-state index >= 15 is 0 Å². The Morgan fingerprint density at radius 1 is 1.32 bits per heavy atom. The summed E-state index contributed by atoms with van der Waals surface area (Å²) in [6.45, 7) is 5.91. The van der Waals surface area contributed by atoms with Crippen LogP contribution in [0.4, 0.5) is 0 Å². The van der Waals surface area contributed by atoms with E-state index in [1.54, 1.807) is 0 Å². The van der Waals surface area contributed by atoms with Crippen LogP contribution in [0, 0.1) is 0 Å². The molecule has 1 saturated heterocycles. The molecule has 1 amide bonds. The van der Waals surface area contributed by atoms with Crippen molar-refractivity contribution in [3.05, 3.63) is 30.3 Å². The van der Waals surface area contributed by atoms with Crippen LogP contribution in [-0.4, -0.2) is 53.8 Å². The average molecular weight is 306 g/mol. The first kappa shape index (κ1) is 16.8. The smallest absolute Gasteiger partial charge is 0.242 e. The molecule has 1 atom stereocenters. The minimum Gasteiger partial charge on any atom is -0.491 e. The maximum atomic E-state index is 12.4. The van der Waals surface area contributed by atoms with E-state index in [2.05, 4.69) is 5.32 Å². The quantitative estimate of drug-likeness (QED) is 0.800. The fourth-order valence-corrected chi connectivity index (χ4v) is 2.53. The topological polar surface area (TPSA) is 61.8 Å². The second-order valence-electron chi connectivity index (χ2n) is 6.28. The average Bonchev–Trinajstić information content (AvgIpc) is 3.05. The molecule has 1 aliphatic heterocycles. The van der Waals surface area contributed by atoms with Crippen LogP contribution in [0.3, 0.4) is 0 Å². The van der Waals surface area contributed by atoms with Crippen molar-refractivity contribution in [1.29, 1.82) is 0 Å². The highest BCUT2D eigenvalue weighted by atomic mass is 16.5. The lowest BCUT2D eigenvalue weighted by Gasteiger charge is -2.31. The predicted molar refractivity (Wildman–Crippen MR) is 85.8 cm³/mol. The van der Waals surface area contributed by atoms with E-state index in [4.69, 9.17) is 4.74 Å². The van der Waals surface area contributed by atoms with Gasteiger partial charge in [-0.3, -0.25) is 4.79 Å². The van der Waals surface area contributed by atoms with E-state index in [0.717, 1.165) is 31.7 Å². The number of likely N-dealkylation sites (tertiary alicyclic amines) is 1. The van der Waals surface area contributed by atoms with E-state index in [-0.39, 0.29) is 12.5 Å². The van der Waals surface area contributed by atoms with Crippen LogP contribution in [0.2, 0.25) is 0 Å². The molecule has 0 saturated carbocycles. The van der Waals surface area contributed by atoms with Crippen LogP contribution in [0.1, 0.15) is 26.7 Å². The van der Waals surface area contributed by atoms with Gasteiger partial charge in [-0.2, -0.15) is 0 Å². The van der Waals surface area contributed by atoms with Crippen LogP contribution in [-0.2, 0) is 4.79 Å². The largest absolute Gasteiger partial charge is 0.491 e. The third-order valence-electron chi connectivity index (χ3n) is 3.89. The van der Waals surface area contributed by atoms with E-state index in [0.29, 0.717) is 6.54 Å². The summed E-state index contributed by atoms with van der Waals surface area (Å²) in [6.07, 6.45) is 1.50. The minimum atomic E-state index is -0.669. The van der Waals surface area contributed by atoms with Crippen molar-refractivity contribution in [2.24, 2.45) is 0 Å². The van der Waals surface area contributed by atoms with Gasteiger partial charge in [0.1, 0.15) is 18.5 Å².